The Labute approximate surface area is 139 Å². The second-order valence-electron chi connectivity index (χ2n) is 6.40. The van der Waals surface area contributed by atoms with E-state index in [2.05, 4.69) is 4.98 Å². The van der Waals surface area contributed by atoms with Gasteiger partial charge in [0.05, 0.1) is 29.5 Å². The number of rotatable bonds is 3. The van der Waals surface area contributed by atoms with Crippen LogP contribution in [0.1, 0.15) is 18.9 Å². The first-order valence-corrected chi connectivity index (χ1v) is 9.30. The fourth-order valence-corrected chi connectivity index (χ4v) is 5.07. The molecule has 2 unspecified atom stereocenters. The van der Waals surface area contributed by atoms with Gasteiger partial charge < -0.3 is 9.30 Å². The summed E-state index contributed by atoms with van der Waals surface area (Å²) in [6.45, 7) is 1.30. The van der Waals surface area contributed by atoms with Gasteiger partial charge in [0.1, 0.15) is 5.82 Å². The number of nitrogens with zero attached hydrogens (tertiary/aromatic N) is 3. The molecule has 24 heavy (non-hydrogen) atoms. The zero-order chi connectivity index (χ0) is 16.8. The highest BCUT2D eigenvalue weighted by Crippen LogP contribution is 2.41. The lowest BCUT2D eigenvalue weighted by Gasteiger charge is -2.23. The van der Waals surface area contributed by atoms with Gasteiger partial charge in [-0.3, -0.25) is 0 Å². The Kier molecular flexibility index (Phi) is 3.70. The van der Waals surface area contributed by atoms with Gasteiger partial charge in [-0.2, -0.15) is 4.31 Å². The molecule has 0 bridgehead atoms. The molecule has 1 aromatic heterocycles. The molecule has 2 fully saturated rings. The van der Waals surface area contributed by atoms with E-state index in [1.165, 1.54) is 28.6 Å². The number of halogens is 1. The fourth-order valence-electron chi connectivity index (χ4n) is 3.55. The molecule has 0 aliphatic carbocycles. The quantitative estimate of drug-likeness (QED) is 0.846. The highest BCUT2D eigenvalue weighted by Gasteiger charge is 2.49. The second kappa shape index (κ2) is 5.65. The van der Waals surface area contributed by atoms with Crippen molar-refractivity contribution in [1.82, 2.24) is 13.9 Å². The molecule has 2 aliphatic rings. The summed E-state index contributed by atoms with van der Waals surface area (Å²) < 4.78 is 47.9. The van der Waals surface area contributed by atoms with Crippen molar-refractivity contribution in [3.63, 3.8) is 0 Å². The molecule has 2 aliphatic heterocycles. The number of hydrogen-bond donors (Lipinski definition) is 0. The van der Waals surface area contributed by atoms with Gasteiger partial charge in [-0.25, -0.2) is 17.8 Å². The molecule has 2 atom stereocenters. The number of sulfonamides is 1. The molecular weight excluding hydrogens is 333 g/mol. The van der Waals surface area contributed by atoms with Crippen molar-refractivity contribution >= 4 is 10.0 Å². The maximum absolute atomic E-state index is 13.0. The van der Waals surface area contributed by atoms with Crippen LogP contribution in [0.25, 0.3) is 0 Å². The Morgan fingerprint density at radius 2 is 2.08 bits per heavy atom. The van der Waals surface area contributed by atoms with Crippen LogP contribution in [0.3, 0.4) is 0 Å². The first-order chi connectivity index (χ1) is 11.5. The maximum atomic E-state index is 13.0. The fraction of sp³-hybridized carbons (Fsp3) is 0.438. The molecule has 0 amide bonds. The van der Waals surface area contributed by atoms with E-state index in [0.29, 0.717) is 26.1 Å². The summed E-state index contributed by atoms with van der Waals surface area (Å²) in [7, 11) is -3.62. The van der Waals surface area contributed by atoms with E-state index in [0.717, 1.165) is 6.42 Å². The van der Waals surface area contributed by atoms with Crippen molar-refractivity contribution in [2.45, 2.75) is 29.4 Å². The molecule has 3 heterocycles. The van der Waals surface area contributed by atoms with Crippen LogP contribution in [-0.4, -0.2) is 47.6 Å². The van der Waals surface area contributed by atoms with E-state index in [1.54, 1.807) is 12.5 Å². The van der Waals surface area contributed by atoms with Crippen molar-refractivity contribution in [2.75, 3.05) is 19.7 Å². The molecular formula is C16H18FN3O3S. The maximum Gasteiger partial charge on any atom is 0.243 e. The summed E-state index contributed by atoms with van der Waals surface area (Å²) in [5.74, 6) is -0.450. The molecule has 8 heteroatoms. The number of aromatic nitrogens is 2. The number of ether oxygens (including phenoxy) is 1. The van der Waals surface area contributed by atoms with Gasteiger partial charge in [0, 0.05) is 31.9 Å². The monoisotopic (exact) mass is 351 g/mol. The molecule has 1 aromatic carbocycles. The third-order valence-corrected chi connectivity index (χ3v) is 6.73. The largest absolute Gasteiger partial charge is 0.371 e. The minimum absolute atomic E-state index is 0.116. The Balaban J connectivity index is 1.51. The van der Waals surface area contributed by atoms with Crippen LogP contribution in [-0.2, 0) is 14.8 Å². The summed E-state index contributed by atoms with van der Waals surface area (Å²) >= 11 is 0. The van der Waals surface area contributed by atoms with E-state index in [4.69, 9.17) is 4.74 Å². The van der Waals surface area contributed by atoms with Crippen LogP contribution in [0.15, 0.2) is 47.9 Å². The molecule has 4 rings (SSSR count). The molecule has 2 saturated heterocycles. The van der Waals surface area contributed by atoms with E-state index >= 15 is 0 Å². The smallest absolute Gasteiger partial charge is 0.243 e. The lowest BCUT2D eigenvalue weighted by Crippen LogP contribution is -2.35. The molecule has 2 aromatic rings. The van der Waals surface area contributed by atoms with Crippen molar-refractivity contribution in [3.8, 4) is 0 Å². The predicted molar refractivity (Wildman–Crippen MR) is 84.3 cm³/mol. The minimum Gasteiger partial charge on any atom is -0.371 e. The molecule has 0 saturated carbocycles. The number of imidazole rings is 1. The van der Waals surface area contributed by atoms with E-state index in [9.17, 15) is 12.8 Å². The van der Waals surface area contributed by atoms with Crippen LogP contribution >= 0.6 is 0 Å². The lowest BCUT2D eigenvalue weighted by atomic mass is 9.97. The number of hydrogen-bond acceptors (Lipinski definition) is 4. The van der Waals surface area contributed by atoms with Gasteiger partial charge in [-0.05, 0) is 30.7 Å². The summed E-state index contributed by atoms with van der Waals surface area (Å²) in [6.07, 6.45) is 6.81. The Bertz CT molecular complexity index is 823. The second-order valence-corrected chi connectivity index (χ2v) is 8.34. The van der Waals surface area contributed by atoms with Crippen LogP contribution < -0.4 is 0 Å². The van der Waals surface area contributed by atoms with Crippen molar-refractivity contribution in [2.24, 2.45) is 0 Å². The van der Waals surface area contributed by atoms with Crippen molar-refractivity contribution in [3.05, 3.63) is 48.8 Å². The average Bonchev–Trinajstić information content (AvgIpc) is 3.30. The average molecular weight is 351 g/mol. The third kappa shape index (κ3) is 2.64. The van der Waals surface area contributed by atoms with Gasteiger partial charge in [0.2, 0.25) is 10.0 Å². The molecule has 0 radical (unpaired) electrons. The summed E-state index contributed by atoms with van der Waals surface area (Å²) in [5, 5.41) is 0. The normalized spacial score (nSPS) is 28.0. The van der Waals surface area contributed by atoms with E-state index in [1.807, 2.05) is 10.8 Å². The Hall–Kier alpha value is -1.77. The van der Waals surface area contributed by atoms with Crippen molar-refractivity contribution in [1.29, 1.82) is 0 Å². The number of benzene rings is 1. The van der Waals surface area contributed by atoms with Crippen molar-refractivity contribution < 1.29 is 17.5 Å². The molecule has 6 nitrogen and oxygen atoms in total. The molecule has 128 valence electrons. The van der Waals surface area contributed by atoms with Crippen LogP contribution in [0.4, 0.5) is 4.39 Å². The van der Waals surface area contributed by atoms with E-state index in [-0.39, 0.29) is 10.9 Å². The lowest BCUT2D eigenvalue weighted by molar-refractivity contribution is 0.0165. The standard InChI is InChI=1S/C16H18FN3O3S/c17-13-1-3-15(4-2-13)24(21,22)20-7-5-16(11-20)9-14(10-23-16)19-8-6-18-12-19/h1-4,6,8,12,14H,5,7,9-11H2. The zero-order valence-corrected chi connectivity index (χ0v) is 13.8. The summed E-state index contributed by atoms with van der Waals surface area (Å²) in [5.41, 5.74) is -0.442. The summed E-state index contributed by atoms with van der Waals surface area (Å²) in [4.78, 5) is 4.17. The van der Waals surface area contributed by atoms with Crippen LogP contribution in [0.5, 0.6) is 0 Å². The van der Waals surface area contributed by atoms with Gasteiger partial charge in [0.25, 0.3) is 0 Å². The topological polar surface area (TPSA) is 64.4 Å². The van der Waals surface area contributed by atoms with Crippen LogP contribution in [0, 0.1) is 5.82 Å². The third-order valence-electron chi connectivity index (χ3n) is 4.87. The molecule has 0 N–H and O–H groups in total. The SMILES string of the molecule is O=S(=O)(c1ccc(F)cc1)N1CCC2(CC(n3ccnc3)CO2)C1. The summed E-state index contributed by atoms with van der Waals surface area (Å²) in [6, 6.07) is 5.12. The highest BCUT2D eigenvalue weighted by molar-refractivity contribution is 7.89. The first kappa shape index (κ1) is 15.7. The highest BCUT2D eigenvalue weighted by atomic mass is 32.2. The predicted octanol–water partition coefficient (Wildman–Crippen LogP) is 1.82. The van der Waals surface area contributed by atoms with Gasteiger partial charge in [0.15, 0.2) is 0 Å². The Morgan fingerprint density at radius 1 is 1.29 bits per heavy atom. The first-order valence-electron chi connectivity index (χ1n) is 7.86. The molecule has 1 spiro atoms. The minimum atomic E-state index is -3.62. The van der Waals surface area contributed by atoms with Gasteiger partial charge in [-0.15, -0.1) is 0 Å². The van der Waals surface area contributed by atoms with Gasteiger partial charge in [-0.1, -0.05) is 0 Å². The zero-order valence-electron chi connectivity index (χ0n) is 13.0. The van der Waals surface area contributed by atoms with Gasteiger partial charge >= 0.3 is 0 Å². The van der Waals surface area contributed by atoms with E-state index < -0.39 is 21.4 Å². The Morgan fingerprint density at radius 3 is 2.79 bits per heavy atom. The van der Waals surface area contributed by atoms with Crippen LogP contribution in [0.2, 0.25) is 0 Å².